The number of carbonyl (C=O) groups is 1. The molecule has 1 N–H and O–H groups in total. The highest BCUT2D eigenvalue weighted by Crippen LogP contribution is 2.25. The van der Waals surface area contributed by atoms with Gasteiger partial charge >= 0.3 is 0 Å². The van der Waals surface area contributed by atoms with Crippen molar-refractivity contribution in [1.82, 2.24) is 0 Å². The second kappa shape index (κ2) is 8.18. The Morgan fingerprint density at radius 3 is 2.38 bits per heavy atom. The predicted molar refractivity (Wildman–Crippen MR) is 108 cm³/mol. The van der Waals surface area contributed by atoms with Crippen LogP contribution in [0.5, 0.6) is 0 Å². The van der Waals surface area contributed by atoms with E-state index < -0.39 is 27.6 Å². The standard InChI is InChI=1S/C20H15ClF2N2O3S/c1-25(19-8-3-2-7-18(19)23)29(27,28)15-6-4-5-13(11-15)20(26)24-14-9-10-17(22)16(21)12-14/h2-12H,1H3,(H,24,26). The van der Waals surface area contributed by atoms with Crippen LogP contribution in [0.15, 0.2) is 71.6 Å². The summed E-state index contributed by atoms with van der Waals surface area (Å²) >= 11 is 5.69. The van der Waals surface area contributed by atoms with Crippen LogP contribution < -0.4 is 9.62 Å². The van der Waals surface area contributed by atoms with Crippen LogP contribution in [0.25, 0.3) is 0 Å². The van der Waals surface area contributed by atoms with Gasteiger partial charge in [0.15, 0.2) is 0 Å². The summed E-state index contributed by atoms with van der Waals surface area (Å²) in [5, 5.41) is 2.36. The van der Waals surface area contributed by atoms with Crippen molar-refractivity contribution < 1.29 is 22.0 Å². The molecule has 150 valence electrons. The molecule has 0 fully saturated rings. The maximum Gasteiger partial charge on any atom is 0.264 e. The number of sulfonamides is 1. The molecule has 0 radical (unpaired) electrons. The zero-order valence-corrected chi connectivity index (χ0v) is 16.6. The Hall–Kier alpha value is -2.97. The molecule has 1 amide bonds. The van der Waals surface area contributed by atoms with Crippen LogP contribution in [-0.4, -0.2) is 21.4 Å². The van der Waals surface area contributed by atoms with Crippen molar-refractivity contribution in [3.8, 4) is 0 Å². The van der Waals surface area contributed by atoms with Gasteiger partial charge in [0.25, 0.3) is 15.9 Å². The number of hydrogen-bond acceptors (Lipinski definition) is 3. The van der Waals surface area contributed by atoms with Gasteiger partial charge in [-0.3, -0.25) is 9.10 Å². The van der Waals surface area contributed by atoms with Gasteiger partial charge in [-0.25, -0.2) is 17.2 Å². The number of anilines is 2. The van der Waals surface area contributed by atoms with E-state index in [1.807, 2.05) is 0 Å². The molecule has 5 nitrogen and oxygen atoms in total. The van der Waals surface area contributed by atoms with Crippen LogP contribution in [0, 0.1) is 11.6 Å². The third-order valence-electron chi connectivity index (χ3n) is 4.12. The van der Waals surface area contributed by atoms with Crippen molar-refractivity contribution in [3.63, 3.8) is 0 Å². The van der Waals surface area contributed by atoms with Gasteiger partial charge in [0.1, 0.15) is 11.6 Å². The van der Waals surface area contributed by atoms with E-state index in [0.717, 1.165) is 16.4 Å². The molecule has 0 aliphatic rings. The summed E-state index contributed by atoms with van der Waals surface area (Å²) < 4.78 is 53.8. The number of halogens is 3. The summed E-state index contributed by atoms with van der Waals surface area (Å²) in [4.78, 5) is 12.3. The maximum absolute atomic E-state index is 14.0. The number of carbonyl (C=O) groups excluding carboxylic acids is 1. The first-order chi connectivity index (χ1) is 13.7. The van der Waals surface area contributed by atoms with E-state index in [0.29, 0.717) is 0 Å². The highest BCUT2D eigenvalue weighted by molar-refractivity contribution is 7.92. The fraction of sp³-hybridized carbons (Fsp3) is 0.0500. The molecule has 0 aliphatic heterocycles. The van der Waals surface area contributed by atoms with Gasteiger partial charge in [-0.2, -0.15) is 0 Å². The molecule has 9 heteroatoms. The Kier molecular flexibility index (Phi) is 5.86. The lowest BCUT2D eigenvalue weighted by Crippen LogP contribution is -2.27. The lowest BCUT2D eigenvalue weighted by Gasteiger charge is -2.20. The quantitative estimate of drug-likeness (QED) is 0.630. The molecule has 3 rings (SSSR count). The molecule has 3 aromatic rings. The van der Waals surface area contributed by atoms with Gasteiger partial charge in [-0.1, -0.05) is 29.8 Å². The first-order valence-corrected chi connectivity index (χ1v) is 10.1. The Balaban J connectivity index is 1.89. The molecule has 0 bridgehead atoms. The van der Waals surface area contributed by atoms with Gasteiger partial charge < -0.3 is 5.32 Å². The van der Waals surface area contributed by atoms with Gasteiger partial charge in [-0.15, -0.1) is 0 Å². The van der Waals surface area contributed by atoms with E-state index in [1.54, 1.807) is 0 Å². The van der Waals surface area contributed by atoms with Crippen molar-refractivity contribution in [2.24, 2.45) is 0 Å². The zero-order chi connectivity index (χ0) is 21.2. The molecular weight excluding hydrogens is 422 g/mol. The number of rotatable bonds is 5. The summed E-state index contributed by atoms with van der Waals surface area (Å²) in [5.41, 5.74) is 0.176. The van der Waals surface area contributed by atoms with E-state index in [1.165, 1.54) is 61.6 Å². The predicted octanol–water partition coefficient (Wildman–Crippen LogP) is 4.70. The van der Waals surface area contributed by atoms with E-state index >= 15 is 0 Å². The number of hydrogen-bond donors (Lipinski definition) is 1. The van der Waals surface area contributed by atoms with E-state index in [9.17, 15) is 22.0 Å². The molecule has 29 heavy (non-hydrogen) atoms. The lowest BCUT2D eigenvalue weighted by molar-refractivity contribution is 0.102. The first kappa shape index (κ1) is 20.8. The number of nitrogens with zero attached hydrogens (tertiary/aromatic N) is 1. The van der Waals surface area contributed by atoms with Gasteiger partial charge in [0.2, 0.25) is 0 Å². The molecule has 0 atom stereocenters. The first-order valence-electron chi connectivity index (χ1n) is 8.30. The minimum atomic E-state index is -4.11. The summed E-state index contributed by atoms with van der Waals surface area (Å²) in [7, 11) is -2.89. The van der Waals surface area contributed by atoms with Crippen molar-refractivity contribution in [2.75, 3.05) is 16.7 Å². The van der Waals surface area contributed by atoms with E-state index in [2.05, 4.69) is 5.32 Å². The highest BCUT2D eigenvalue weighted by atomic mass is 35.5. The molecule has 0 saturated heterocycles. The Labute approximate surface area is 171 Å². The van der Waals surface area contributed by atoms with Crippen LogP contribution in [-0.2, 0) is 10.0 Å². The minimum absolute atomic E-state index is 0.0495. The van der Waals surface area contributed by atoms with Crippen molar-refractivity contribution >= 4 is 38.9 Å². The summed E-state index contributed by atoms with van der Waals surface area (Å²) in [6.45, 7) is 0. The topological polar surface area (TPSA) is 66.5 Å². The Morgan fingerprint density at radius 2 is 1.69 bits per heavy atom. The van der Waals surface area contributed by atoms with E-state index in [-0.39, 0.29) is 26.9 Å². The highest BCUT2D eigenvalue weighted by Gasteiger charge is 2.24. The normalized spacial score (nSPS) is 11.2. The largest absolute Gasteiger partial charge is 0.322 e. The smallest absolute Gasteiger partial charge is 0.264 e. The van der Waals surface area contributed by atoms with Gasteiger partial charge in [0.05, 0.1) is 15.6 Å². The van der Waals surface area contributed by atoms with Gasteiger partial charge in [-0.05, 0) is 48.5 Å². The number of benzene rings is 3. The third-order valence-corrected chi connectivity index (χ3v) is 6.18. The monoisotopic (exact) mass is 436 g/mol. The molecule has 0 aromatic heterocycles. The minimum Gasteiger partial charge on any atom is -0.322 e. The molecule has 0 saturated carbocycles. The van der Waals surface area contributed by atoms with Crippen molar-refractivity contribution in [1.29, 1.82) is 0 Å². The fourth-order valence-electron chi connectivity index (χ4n) is 2.57. The SMILES string of the molecule is CN(c1ccccc1F)S(=O)(=O)c1cccc(C(=O)Nc2ccc(F)c(Cl)c2)c1. The summed E-state index contributed by atoms with van der Waals surface area (Å²) in [5.74, 6) is -1.94. The maximum atomic E-state index is 14.0. The lowest BCUT2D eigenvalue weighted by atomic mass is 10.2. The van der Waals surface area contributed by atoms with Crippen LogP contribution in [0.2, 0.25) is 5.02 Å². The van der Waals surface area contributed by atoms with Gasteiger partial charge in [0, 0.05) is 18.3 Å². The number of nitrogens with one attached hydrogen (secondary N) is 1. The molecule has 3 aromatic carbocycles. The van der Waals surface area contributed by atoms with Crippen LogP contribution in [0.3, 0.4) is 0 Å². The summed E-state index contributed by atoms with van der Waals surface area (Å²) in [6.07, 6.45) is 0. The van der Waals surface area contributed by atoms with Crippen molar-refractivity contribution in [3.05, 3.63) is 89.0 Å². The number of para-hydroxylation sites is 1. The Morgan fingerprint density at radius 1 is 0.966 bits per heavy atom. The second-order valence-corrected chi connectivity index (χ2v) is 8.41. The Bertz CT molecular complexity index is 1190. The molecule has 0 heterocycles. The molecule has 0 unspecified atom stereocenters. The van der Waals surface area contributed by atoms with Crippen LogP contribution in [0.4, 0.5) is 20.2 Å². The third kappa shape index (κ3) is 4.38. The zero-order valence-electron chi connectivity index (χ0n) is 15.1. The average Bonchev–Trinajstić information content (AvgIpc) is 2.70. The fourth-order valence-corrected chi connectivity index (χ4v) is 4.00. The van der Waals surface area contributed by atoms with Crippen LogP contribution >= 0.6 is 11.6 Å². The average molecular weight is 437 g/mol. The van der Waals surface area contributed by atoms with Crippen LogP contribution in [0.1, 0.15) is 10.4 Å². The molecule has 0 spiro atoms. The molecular formula is C20H15ClF2N2O3S. The second-order valence-electron chi connectivity index (χ2n) is 6.03. The molecule has 0 aliphatic carbocycles. The van der Waals surface area contributed by atoms with Crippen molar-refractivity contribution in [2.45, 2.75) is 4.90 Å². The number of amides is 1. The summed E-state index contributed by atoms with van der Waals surface area (Å²) in [6, 6.07) is 14.4. The van der Waals surface area contributed by atoms with E-state index in [4.69, 9.17) is 11.6 Å².